The average Bonchev–Trinajstić information content (AvgIpc) is 2.49. The van der Waals surface area contributed by atoms with E-state index in [9.17, 15) is 4.79 Å². The van der Waals surface area contributed by atoms with Gasteiger partial charge in [0.15, 0.2) is 0 Å². The molecule has 0 aromatic rings. The van der Waals surface area contributed by atoms with Gasteiger partial charge in [-0.1, -0.05) is 13.8 Å². The molecule has 6 nitrogen and oxygen atoms in total. The van der Waals surface area contributed by atoms with Crippen LogP contribution in [0.5, 0.6) is 0 Å². The SMILES string of the molecule is CC(C)C(=O)CCOCCOCCOCCOCCNC(C)(C)C. The summed E-state index contributed by atoms with van der Waals surface area (Å²) in [6.07, 6.45) is 0.478. The van der Waals surface area contributed by atoms with Crippen molar-refractivity contribution in [3.05, 3.63) is 0 Å². The van der Waals surface area contributed by atoms with Crippen molar-refractivity contribution in [2.75, 3.05) is 59.4 Å². The molecule has 0 aromatic carbocycles. The molecule has 0 bridgehead atoms. The van der Waals surface area contributed by atoms with Crippen molar-refractivity contribution in [2.24, 2.45) is 5.92 Å². The molecule has 0 aliphatic heterocycles. The van der Waals surface area contributed by atoms with Gasteiger partial charge in [-0.3, -0.25) is 4.79 Å². The van der Waals surface area contributed by atoms with Crippen molar-refractivity contribution in [3.63, 3.8) is 0 Å². The highest BCUT2D eigenvalue weighted by Crippen LogP contribution is 1.98. The van der Waals surface area contributed by atoms with Crippen LogP contribution < -0.4 is 5.32 Å². The summed E-state index contributed by atoms with van der Waals surface area (Å²) in [5, 5.41) is 3.36. The summed E-state index contributed by atoms with van der Waals surface area (Å²) in [6, 6.07) is 0. The molecule has 1 N–H and O–H groups in total. The first kappa shape index (κ1) is 23.5. The van der Waals surface area contributed by atoms with Crippen molar-refractivity contribution < 1.29 is 23.7 Å². The summed E-state index contributed by atoms with van der Waals surface area (Å²) in [6.45, 7) is 15.5. The first-order valence-electron chi connectivity index (χ1n) is 8.91. The van der Waals surface area contributed by atoms with Crippen LogP contribution in [-0.4, -0.2) is 70.7 Å². The third kappa shape index (κ3) is 17.8. The molecular formula is C18H37NO5. The van der Waals surface area contributed by atoms with Crippen molar-refractivity contribution in [1.29, 1.82) is 0 Å². The minimum Gasteiger partial charge on any atom is -0.379 e. The molecule has 144 valence electrons. The minimum atomic E-state index is 0.0840. The van der Waals surface area contributed by atoms with Crippen LogP contribution in [0.4, 0.5) is 0 Å². The molecule has 0 aliphatic carbocycles. The Morgan fingerprint density at radius 1 is 0.792 bits per heavy atom. The van der Waals surface area contributed by atoms with Crippen LogP contribution in [0.15, 0.2) is 0 Å². The number of ketones is 1. The number of nitrogens with one attached hydrogen (secondary N) is 1. The van der Waals surface area contributed by atoms with E-state index >= 15 is 0 Å². The maximum atomic E-state index is 11.4. The van der Waals surface area contributed by atoms with E-state index in [2.05, 4.69) is 26.1 Å². The van der Waals surface area contributed by atoms with E-state index < -0.39 is 0 Å². The monoisotopic (exact) mass is 347 g/mol. The van der Waals surface area contributed by atoms with Crippen LogP contribution in [0, 0.1) is 5.92 Å². The maximum Gasteiger partial charge on any atom is 0.137 e. The molecule has 0 fully saturated rings. The van der Waals surface area contributed by atoms with E-state index in [-0.39, 0.29) is 17.2 Å². The third-order valence-corrected chi connectivity index (χ3v) is 3.15. The van der Waals surface area contributed by atoms with Gasteiger partial charge in [-0.2, -0.15) is 0 Å². The number of hydrogen-bond acceptors (Lipinski definition) is 6. The molecule has 0 amide bonds. The number of carbonyl (C=O) groups excluding carboxylic acids is 1. The van der Waals surface area contributed by atoms with E-state index in [0.29, 0.717) is 59.3 Å². The molecule has 0 unspecified atom stereocenters. The Kier molecular flexibility index (Phi) is 14.5. The predicted octanol–water partition coefficient (Wildman–Crippen LogP) is 2.06. The smallest absolute Gasteiger partial charge is 0.137 e. The summed E-state index contributed by atoms with van der Waals surface area (Å²) in [4.78, 5) is 11.4. The number of ether oxygens (including phenoxy) is 4. The van der Waals surface area contributed by atoms with Crippen LogP contribution in [-0.2, 0) is 23.7 Å². The fourth-order valence-electron chi connectivity index (χ4n) is 1.72. The lowest BCUT2D eigenvalue weighted by molar-refractivity contribution is -0.123. The molecule has 0 saturated heterocycles. The van der Waals surface area contributed by atoms with Crippen LogP contribution in [0.2, 0.25) is 0 Å². The number of rotatable bonds is 16. The Morgan fingerprint density at radius 2 is 1.21 bits per heavy atom. The van der Waals surface area contributed by atoms with Crippen LogP contribution in [0.1, 0.15) is 41.0 Å². The summed E-state index contributed by atoms with van der Waals surface area (Å²) in [7, 11) is 0. The molecule has 0 aliphatic rings. The average molecular weight is 347 g/mol. The summed E-state index contributed by atoms with van der Waals surface area (Å²) >= 11 is 0. The van der Waals surface area contributed by atoms with Gasteiger partial charge in [0.1, 0.15) is 5.78 Å². The van der Waals surface area contributed by atoms with E-state index in [4.69, 9.17) is 18.9 Å². The van der Waals surface area contributed by atoms with Gasteiger partial charge in [0.05, 0.1) is 52.9 Å². The summed E-state index contributed by atoms with van der Waals surface area (Å²) < 4.78 is 21.6. The van der Waals surface area contributed by atoms with E-state index in [1.165, 1.54) is 0 Å². The minimum absolute atomic E-state index is 0.0840. The Balaban J connectivity index is 3.12. The summed E-state index contributed by atoms with van der Waals surface area (Å²) in [5.41, 5.74) is 0.130. The molecule has 0 rings (SSSR count). The highest BCUT2D eigenvalue weighted by Gasteiger charge is 2.07. The number of Topliss-reactive ketones (excluding diaryl/α,β-unsaturated/α-hetero) is 1. The Morgan fingerprint density at radius 3 is 1.62 bits per heavy atom. The van der Waals surface area contributed by atoms with Crippen molar-refractivity contribution in [3.8, 4) is 0 Å². The second-order valence-corrected chi connectivity index (χ2v) is 7.00. The second kappa shape index (κ2) is 14.8. The van der Waals surface area contributed by atoms with E-state index in [1.54, 1.807) is 0 Å². The van der Waals surface area contributed by atoms with Gasteiger partial charge in [-0.05, 0) is 20.8 Å². The zero-order chi connectivity index (χ0) is 18.3. The van der Waals surface area contributed by atoms with Gasteiger partial charge in [0, 0.05) is 24.4 Å². The van der Waals surface area contributed by atoms with Crippen LogP contribution in [0.25, 0.3) is 0 Å². The zero-order valence-corrected chi connectivity index (χ0v) is 16.2. The summed E-state index contributed by atoms with van der Waals surface area (Å²) in [5.74, 6) is 0.321. The van der Waals surface area contributed by atoms with Crippen LogP contribution in [0.3, 0.4) is 0 Å². The first-order chi connectivity index (χ1) is 11.3. The Labute approximate surface area is 147 Å². The highest BCUT2D eigenvalue weighted by molar-refractivity contribution is 5.80. The van der Waals surface area contributed by atoms with Gasteiger partial charge in [0.25, 0.3) is 0 Å². The zero-order valence-electron chi connectivity index (χ0n) is 16.2. The van der Waals surface area contributed by atoms with E-state index in [0.717, 1.165) is 6.54 Å². The standard InChI is InChI=1S/C18H37NO5/c1-16(2)17(20)6-8-21-10-12-23-14-15-24-13-11-22-9-7-19-18(3,4)5/h16,19H,6-15H2,1-5H3. The maximum absolute atomic E-state index is 11.4. The van der Waals surface area contributed by atoms with Gasteiger partial charge in [0.2, 0.25) is 0 Å². The van der Waals surface area contributed by atoms with Crippen molar-refractivity contribution >= 4 is 5.78 Å². The molecule has 6 heteroatoms. The predicted molar refractivity (Wildman–Crippen MR) is 95.5 cm³/mol. The number of hydrogen-bond donors (Lipinski definition) is 1. The fourth-order valence-corrected chi connectivity index (χ4v) is 1.72. The van der Waals surface area contributed by atoms with Gasteiger partial charge in [-0.25, -0.2) is 0 Å². The molecular weight excluding hydrogens is 310 g/mol. The van der Waals surface area contributed by atoms with Gasteiger partial charge >= 0.3 is 0 Å². The number of carbonyl (C=O) groups is 1. The first-order valence-corrected chi connectivity index (χ1v) is 8.91. The normalized spacial score (nSPS) is 12.1. The lowest BCUT2D eigenvalue weighted by Crippen LogP contribution is -2.38. The molecule has 0 spiro atoms. The Bertz CT molecular complexity index is 302. The van der Waals surface area contributed by atoms with Gasteiger partial charge < -0.3 is 24.3 Å². The molecule has 0 atom stereocenters. The lowest BCUT2D eigenvalue weighted by atomic mass is 10.1. The van der Waals surface area contributed by atoms with Gasteiger partial charge in [-0.15, -0.1) is 0 Å². The van der Waals surface area contributed by atoms with Crippen molar-refractivity contribution in [2.45, 2.75) is 46.6 Å². The highest BCUT2D eigenvalue weighted by atomic mass is 16.6. The molecule has 0 aromatic heterocycles. The largest absolute Gasteiger partial charge is 0.379 e. The van der Waals surface area contributed by atoms with E-state index in [1.807, 2.05) is 13.8 Å². The lowest BCUT2D eigenvalue weighted by Gasteiger charge is -2.20. The second-order valence-electron chi connectivity index (χ2n) is 7.00. The quantitative estimate of drug-likeness (QED) is 0.431. The van der Waals surface area contributed by atoms with Crippen molar-refractivity contribution in [1.82, 2.24) is 5.32 Å². The van der Waals surface area contributed by atoms with Crippen LogP contribution >= 0.6 is 0 Å². The fraction of sp³-hybridized carbons (Fsp3) is 0.944. The Hall–Kier alpha value is -0.530. The molecule has 0 heterocycles. The molecule has 0 saturated carbocycles. The third-order valence-electron chi connectivity index (χ3n) is 3.15. The topological polar surface area (TPSA) is 66.0 Å². The molecule has 0 radical (unpaired) electrons. The molecule has 24 heavy (non-hydrogen) atoms.